The Bertz CT molecular complexity index is 1310. The van der Waals surface area contributed by atoms with Crippen molar-refractivity contribution in [3.63, 3.8) is 0 Å². The van der Waals surface area contributed by atoms with Gasteiger partial charge < -0.3 is 9.88 Å². The highest BCUT2D eigenvalue weighted by molar-refractivity contribution is 5.99. The predicted octanol–water partition coefficient (Wildman–Crippen LogP) is 5.84. The van der Waals surface area contributed by atoms with Gasteiger partial charge in [0.1, 0.15) is 0 Å². The number of aryl methyl sites for hydroxylation is 2. The number of hydrazone groups is 1. The first-order chi connectivity index (χ1) is 16.7. The summed E-state index contributed by atoms with van der Waals surface area (Å²) in [5, 5.41) is 5.35. The molecule has 0 aliphatic heterocycles. The Kier molecular flexibility index (Phi) is 6.43. The standard InChI is InChI=1S/C29H30N4O/c1-2-33(20-22-8-4-3-5-9-22)24-15-12-21(13-16-24)19-30-32-29(34)23-14-17-28-26(18-23)25-10-6-7-11-27(25)31-28/h3-5,8-9,12-19,31H,2,6-7,10-11,20H2,1H3,(H,32,34)/b30-19-. The molecule has 0 radical (unpaired) electrons. The number of aromatic nitrogens is 1. The molecule has 1 aromatic heterocycles. The average Bonchev–Trinajstić information content (AvgIpc) is 3.26. The SMILES string of the molecule is CCN(Cc1ccccc1)c1ccc(/C=N\NC(=O)c2ccc3[nH]c4c(c3c2)CCCC4)cc1. The summed E-state index contributed by atoms with van der Waals surface area (Å²) in [5.41, 5.74) is 10.5. The third-order valence-corrected chi connectivity index (χ3v) is 6.60. The Morgan fingerprint density at radius 2 is 1.82 bits per heavy atom. The van der Waals surface area contributed by atoms with Crippen LogP contribution in [-0.2, 0) is 19.4 Å². The monoisotopic (exact) mass is 450 g/mol. The maximum Gasteiger partial charge on any atom is 0.271 e. The lowest BCUT2D eigenvalue weighted by atomic mass is 9.95. The zero-order chi connectivity index (χ0) is 23.3. The Hall–Kier alpha value is -3.86. The van der Waals surface area contributed by atoms with Crippen LogP contribution in [0.4, 0.5) is 5.69 Å². The van der Waals surface area contributed by atoms with E-state index < -0.39 is 0 Å². The molecule has 5 heteroatoms. The van der Waals surface area contributed by atoms with Crippen molar-refractivity contribution in [1.29, 1.82) is 0 Å². The molecule has 172 valence electrons. The van der Waals surface area contributed by atoms with E-state index in [0.29, 0.717) is 5.56 Å². The van der Waals surface area contributed by atoms with Crippen LogP contribution in [0, 0.1) is 0 Å². The van der Waals surface area contributed by atoms with Crippen molar-refractivity contribution >= 4 is 28.7 Å². The quantitative estimate of drug-likeness (QED) is 0.275. The normalized spacial score (nSPS) is 13.2. The summed E-state index contributed by atoms with van der Waals surface area (Å²) in [4.78, 5) is 18.5. The highest BCUT2D eigenvalue weighted by Crippen LogP contribution is 2.29. The van der Waals surface area contributed by atoms with Crippen LogP contribution in [0.25, 0.3) is 10.9 Å². The number of fused-ring (bicyclic) bond motifs is 3. The van der Waals surface area contributed by atoms with E-state index in [1.54, 1.807) is 6.21 Å². The zero-order valence-corrected chi connectivity index (χ0v) is 19.6. The second-order valence-corrected chi connectivity index (χ2v) is 8.84. The Labute approximate surface area is 200 Å². The Morgan fingerprint density at radius 1 is 1.03 bits per heavy atom. The third-order valence-electron chi connectivity index (χ3n) is 6.60. The molecule has 0 spiro atoms. The summed E-state index contributed by atoms with van der Waals surface area (Å²) in [5.74, 6) is -0.194. The smallest absolute Gasteiger partial charge is 0.271 e. The second-order valence-electron chi connectivity index (χ2n) is 8.84. The van der Waals surface area contributed by atoms with Crippen LogP contribution in [0.3, 0.4) is 0 Å². The van der Waals surface area contributed by atoms with E-state index in [-0.39, 0.29) is 5.91 Å². The van der Waals surface area contributed by atoms with Crippen molar-refractivity contribution in [2.24, 2.45) is 5.10 Å². The second kappa shape index (κ2) is 9.96. The highest BCUT2D eigenvalue weighted by atomic mass is 16.2. The minimum absolute atomic E-state index is 0.194. The van der Waals surface area contributed by atoms with Crippen LogP contribution >= 0.6 is 0 Å². The van der Waals surface area contributed by atoms with Gasteiger partial charge in [0.2, 0.25) is 0 Å². The molecule has 5 nitrogen and oxygen atoms in total. The Balaban J connectivity index is 1.23. The van der Waals surface area contributed by atoms with Crippen molar-refractivity contribution < 1.29 is 4.79 Å². The summed E-state index contributed by atoms with van der Waals surface area (Å²) in [7, 11) is 0. The summed E-state index contributed by atoms with van der Waals surface area (Å²) < 4.78 is 0. The fourth-order valence-electron chi connectivity index (χ4n) is 4.74. The van der Waals surface area contributed by atoms with E-state index >= 15 is 0 Å². The number of nitrogens with zero attached hydrogens (tertiary/aromatic N) is 2. The van der Waals surface area contributed by atoms with E-state index in [2.05, 4.69) is 63.7 Å². The first-order valence-electron chi connectivity index (χ1n) is 12.1. The number of carbonyl (C=O) groups is 1. The summed E-state index contributed by atoms with van der Waals surface area (Å²) in [6, 6.07) is 24.6. The van der Waals surface area contributed by atoms with E-state index in [1.165, 1.54) is 29.7 Å². The first-order valence-corrected chi connectivity index (χ1v) is 12.1. The van der Waals surface area contributed by atoms with Gasteiger partial charge in [-0.1, -0.05) is 42.5 Å². The van der Waals surface area contributed by atoms with Crippen molar-refractivity contribution in [1.82, 2.24) is 10.4 Å². The molecule has 1 amide bonds. The molecule has 4 aromatic rings. The minimum atomic E-state index is -0.194. The van der Waals surface area contributed by atoms with Gasteiger partial charge in [-0.25, -0.2) is 5.43 Å². The molecule has 3 aromatic carbocycles. The molecule has 34 heavy (non-hydrogen) atoms. The van der Waals surface area contributed by atoms with Gasteiger partial charge in [0, 0.05) is 40.9 Å². The lowest BCUT2D eigenvalue weighted by Crippen LogP contribution is -2.21. The van der Waals surface area contributed by atoms with Crippen molar-refractivity contribution in [2.45, 2.75) is 39.2 Å². The van der Waals surface area contributed by atoms with Gasteiger partial charge in [0.05, 0.1) is 6.21 Å². The predicted molar refractivity (Wildman–Crippen MR) is 140 cm³/mol. The molecular weight excluding hydrogens is 420 g/mol. The lowest BCUT2D eigenvalue weighted by Gasteiger charge is -2.23. The number of rotatable bonds is 7. The number of aromatic amines is 1. The topological polar surface area (TPSA) is 60.5 Å². The van der Waals surface area contributed by atoms with Crippen LogP contribution in [0.5, 0.6) is 0 Å². The van der Waals surface area contributed by atoms with Gasteiger partial charge in [-0.3, -0.25) is 4.79 Å². The number of benzene rings is 3. The number of hydrogen-bond acceptors (Lipinski definition) is 3. The van der Waals surface area contributed by atoms with Gasteiger partial charge in [-0.05, 0) is 79.6 Å². The molecule has 0 fully saturated rings. The molecular formula is C29H30N4O. The number of H-pyrrole nitrogens is 1. The van der Waals surface area contributed by atoms with Crippen LogP contribution in [0.1, 0.15) is 52.5 Å². The molecule has 1 heterocycles. The maximum absolute atomic E-state index is 12.7. The fourth-order valence-corrected chi connectivity index (χ4v) is 4.74. The molecule has 5 rings (SSSR count). The fraction of sp³-hybridized carbons (Fsp3) is 0.241. The van der Waals surface area contributed by atoms with Crippen LogP contribution in [0.15, 0.2) is 77.9 Å². The van der Waals surface area contributed by atoms with Crippen molar-refractivity contribution in [3.05, 3.63) is 101 Å². The van der Waals surface area contributed by atoms with Gasteiger partial charge in [-0.2, -0.15) is 5.10 Å². The van der Waals surface area contributed by atoms with Gasteiger partial charge in [0.25, 0.3) is 5.91 Å². The average molecular weight is 451 g/mol. The molecule has 0 bridgehead atoms. The van der Waals surface area contributed by atoms with E-state index in [4.69, 9.17) is 0 Å². The molecule has 1 aliphatic carbocycles. The molecule has 0 unspecified atom stereocenters. The molecule has 0 saturated heterocycles. The first kappa shape index (κ1) is 22.0. The Morgan fingerprint density at radius 3 is 2.62 bits per heavy atom. The van der Waals surface area contributed by atoms with E-state index in [9.17, 15) is 4.79 Å². The summed E-state index contributed by atoms with van der Waals surface area (Å²) >= 11 is 0. The lowest BCUT2D eigenvalue weighted by molar-refractivity contribution is 0.0955. The molecule has 1 aliphatic rings. The summed E-state index contributed by atoms with van der Waals surface area (Å²) in [6.07, 6.45) is 6.30. The van der Waals surface area contributed by atoms with Gasteiger partial charge >= 0.3 is 0 Å². The zero-order valence-electron chi connectivity index (χ0n) is 19.6. The van der Waals surface area contributed by atoms with E-state index in [1.807, 2.05) is 36.4 Å². The number of amides is 1. The van der Waals surface area contributed by atoms with Crippen molar-refractivity contribution in [3.8, 4) is 0 Å². The van der Waals surface area contributed by atoms with Crippen LogP contribution in [-0.4, -0.2) is 23.7 Å². The largest absolute Gasteiger partial charge is 0.367 e. The summed E-state index contributed by atoms with van der Waals surface area (Å²) in [6.45, 7) is 3.96. The van der Waals surface area contributed by atoms with Gasteiger partial charge in [0.15, 0.2) is 0 Å². The van der Waals surface area contributed by atoms with Crippen molar-refractivity contribution in [2.75, 3.05) is 11.4 Å². The van der Waals surface area contributed by atoms with E-state index in [0.717, 1.165) is 48.1 Å². The molecule has 0 atom stereocenters. The number of nitrogens with one attached hydrogen (secondary N) is 2. The molecule has 0 saturated carbocycles. The minimum Gasteiger partial charge on any atom is -0.367 e. The molecule has 2 N–H and O–H groups in total. The number of hydrogen-bond donors (Lipinski definition) is 2. The van der Waals surface area contributed by atoms with Crippen LogP contribution < -0.4 is 10.3 Å². The third kappa shape index (κ3) is 4.74. The number of anilines is 1. The van der Waals surface area contributed by atoms with Gasteiger partial charge in [-0.15, -0.1) is 0 Å². The number of carbonyl (C=O) groups excluding carboxylic acids is 1. The highest BCUT2D eigenvalue weighted by Gasteiger charge is 2.16. The maximum atomic E-state index is 12.7. The van der Waals surface area contributed by atoms with Crippen LogP contribution in [0.2, 0.25) is 0 Å².